The first-order valence-corrected chi connectivity index (χ1v) is 6.87. The summed E-state index contributed by atoms with van der Waals surface area (Å²) in [5.41, 5.74) is 1.17. The highest BCUT2D eigenvalue weighted by Crippen LogP contribution is 2.17. The molecule has 1 saturated heterocycles. The normalized spacial score (nSPS) is 19.9. The van der Waals surface area contributed by atoms with Crippen molar-refractivity contribution in [3.63, 3.8) is 0 Å². The molecule has 1 aliphatic rings. The molecule has 1 heterocycles. The van der Waals surface area contributed by atoms with Gasteiger partial charge in [0.15, 0.2) is 0 Å². The van der Waals surface area contributed by atoms with Gasteiger partial charge in [-0.05, 0) is 51.0 Å². The van der Waals surface area contributed by atoms with Crippen LogP contribution in [0, 0.1) is 5.92 Å². The van der Waals surface area contributed by atoms with Gasteiger partial charge in [-0.2, -0.15) is 0 Å². The summed E-state index contributed by atoms with van der Waals surface area (Å²) in [5.74, 6) is 0.749. The number of hydrogen-bond donors (Lipinski definition) is 2. The molecule has 0 bridgehead atoms. The SMILES string of the molecule is CN1CCC(CN[C@@H](CO)c2ccccc2)CC1. The number of aliphatic hydroxyl groups excluding tert-OH is 1. The quantitative estimate of drug-likeness (QED) is 0.832. The predicted octanol–water partition coefficient (Wildman–Crippen LogP) is 1.65. The van der Waals surface area contributed by atoms with Crippen LogP contribution < -0.4 is 5.32 Å². The summed E-state index contributed by atoms with van der Waals surface area (Å²) in [4.78, 5) is 2.39. The minimum atomic E-state index is 0.0749. The second-order valence-electron chi connectivity index (χ2n) is 5.30. The fourth-order valence-corrected chi connectivity index (χ4v) is 2.55. The van der Waals surface area contributed by atoms with Crippen molar-refractivity contribution in [2.24, 2.45) is 5.92 Å². The van der Waals surface area contributed by atoms with Gasteiger partial charge in [0.05, 0.1) is 12.6 Å². The maximum atomic E-state index is 9.48. The molecule has 1 aromatic carbocycles. The lowest BCUT2D eigenvalue weighted by atomic mass is 9.96. The highest BCUT2D eigenvalue weighted by Gasteiger charge is 2.18. The van der Waals surface area contributed by atoms with Crippen molar-refractivity contribution in [3.8, 4) is 0 Å². The summed E-state index contributed by atoms with van der Waals surface area (Å²) < 4.78 is 0. The molecule has 1 aromatic rings. The Bertz CT molecular complexity index is 334. The second kappa shape index (κ2) is 6.88. The zero-order valence-electron chi connectivity index (χ0n) is 11.2. The third-order valence-corrected chi connectivity index (χ3v) is 3.88. The summed E-state index contributed by atoms with van der Waals surface area (Å²) in [7, 11) is 2.18. The average Bonchev–Trinajstić information content (AvgIpc) is 2.43. The number of piperidine rings is 1. The molecule has 3 heteroatoms. The first-order valence-electron chi connectivity index (χ1n) is 6.87. The van der Waals surface area contributed by atoms with E-state index in [4.69, 9.17) is 0 Å². The molecule has 0 spiro atoms. The first-order chi connectivity index (χ1) is 8.79. The summed E-state index contributed by atoms with van der Waals surface area (Å²) >= 11 is 0. The van der Waals surface area contributed by atoms with Gasteiger partial charge in [0, 0.05) is 0 Å². The molecule has 1 fully saturated rings. The highest BCUT2D eigenvalue weighted by molar-refractivity contribution is 5.18. The zero-order chi connectivity index (χ0) is 12.8. The zero-order valence-corrected chi connectivity index (χ0v) is 11.2. The molecule has 0 aliphatic carbocycles. The Balaban J connectivity index is 1.81. The van der Waals surface area contributed by atoms with Gasteiger partial charge in [-0.15, -0.1) is 0 Å². The molecule has 0 radical (unpaired) electrons. The summed E-state index contributed by atoms with van der Waals surface area (Å²) in [6.45, 7) is 3.56. The maximum absolute atomic E-state index is 9.48. The summed E-state index contributed by atoms with van der Waals surface area (Å²) in [6, 6.07) is 10.3. The molecule has 2 N–H and O–H groups in total. The molecule has 3 nitrogen and oxygen atoms in total. The highest BCUT2D eigenvalue weighted by atomic mass is 16.3. The van der Waals surface area contributed by atoms with Gasteiger partial charge in [0.1, 0.15) is 0 Å². The molecule has 100 valence electrons. The lowest BCUT2D eigenvalue weighted by Crippen LogP contribution is -2.36. The number of aliphatic hydroxyl groups is 1. The van der Waals surface area contributed by atoms with Crippen LogP contribution in [-0.2, 0) is 0 Å². The van der Waals surface area contributed by atoms with Gasteiger partial charge >= 0.3 is 0 Å². The van der Waals surface area contributed by atoms with E-state index in [1.54, 1.807) is 0 Å². The Hall–Kier alpha value is -0.900. The lowest BCUT2D eigenvalue weighted by molar-refractivity contribution is 0.197. The van der Waals surface area contributed by atoms with Gasteiger partial charge in [-0.25, -0.2) is 0 Å². The third kappa shape index (κ3) is 3.80. The van der Waals surface area contributed by atoms with Crippen molar-refractivity contribution in [2.45, 2.75) is 18.9 Å². The molecule has 1 atom stereocenters. The predicted molar refractivity (Wildman–Crippen MR) is 74.5 cm³/mol. The van der Waals surface area contributed by atoms with E-state index in [0.717, 1.165) is 12.5 Å². The van der Waals surface area contributed by atoms with Crippen LogP contribution in [0.1, 0.15) is 24.4 Å². The fourth-order valence-electron chi connectivity index (χ4n) is 2.55. The van der Waals surface area contributed by atoms with Crippen LogP contribution in [0.15, 0.2) is 30.3 Å². The van der Waals surface area contributed by atoms with Crippen LogP contribution in [0.4, 0.5) is 0 Å². The first kappa shape index (κ1) is 13.5. The van der Waals surface area contributed by atoms with Crippen LogP contribution in [0.25, 0.3) is 0 Å². The van der Waals surface area contributed by atoms with Crippen LogP contribution in [0.3, 0.4) is 0 Å². The molecule has 2 rings (SSSR count). The topological polar surface area (TPSA) is 35.5 Å². The second-order valence-corrected chi connectivity index (χ2v) is 5.30. The summed E-state index contributed by atoms with van der Waals surface area (Å²) in [5, 5.41) is 13.0. The van der Waals surface area contributed by atoms with E-state index < -0.39 is 0 Å². The Morgan fingerprint density at radius 3 is 2.56 bits per heavy atom. The third-order valence-electron chi connectivity index (χ3n) is 3.88. The molecule has 0 unspecified atom stereocenters. The van der Waals surface area contributed by atoms with Gasteiger partial charge in [-0.1, -0.05) is 30.3 Å². The van der Waals surface area contributed by atoms with E-state index in [9.17, 15) is 5.11 Å². The van der Waals surface area contributed by atoms with Gasteiger partial charge < -0.3 is 15.3 Å². The number of nitrogens with one attached hydrogen (secondary N) is 1. The minimum Gasteiger partial charge on any atom is -0.394 e. The van der Waals surface area contributed by atoms with Crippen molar-refractivity contribution < 1.29 is 5.11 Å². The van der Waals surface area contributed by atoms with Crippen molar-refractivity contribution >= 4 is 0 Å². The van der Waals surface area contributed by atoms with Crippen LogP contribution in [0.5, 0.6) is 0 Å². The summed E-state index contributed by atoms with van der Waals surface area (Å²) in [6.07, 6.45) is 2.52. The lowest BCUT2D eigenvalue weighted by Gasteiger charge is -2.30. The van der Waals surface area contributed by atoms with Crippen LogP contribution >= 0.6 is 0 Å². The van der Waals surface area contributed by atoms with Crippen molar-refractivity contribution in [3.05, 3.63) is 35.9 Å². The van der Waals surface area contributed by atoms with Crippen LogP contribution in [-0.4, -0.2) is 43.3 Å². The van der Waals surface area contributed by atoms with Gasteiger partial charge in [-0.3, -0.25) is 0 Å². The largest absolute Gasteiger partial charge is 0.394 e. The molecule has 1 aliphatic heterocycles. The molecular formula is C15H24N2O. The Labute approximate surface area is 110 Å². The Morgan fingerprint density at radius 2 is 1.94 bits per heavy atom. The van der Waals surface area contributed by atoms with E-state index in [2.05, 4.69) is 29.4 Å². The molecular weight excluding hydrogens is 224 g/mol. The van der Waals surface area contributed by atoms with Gasteiger partial charge in [0.25, 0.3) is 0 Å². The van der Waals surface area contributed by atoms with E-state index in [1.165, 1.54) is 31.5 Å². The van der Waals surface area contributed by atoms with E-state index >= 15 is 0 Å². The van der Waals surface area contributed by atoms with Crippen LogP contribution in [0.2, 0.25) is 0 Å². The fraction of sp³-hybridized carbons (Fsp3) is 0.600. The van der Waals surface area contributed by atoms with E-state index in [0.29, 0.717) is 0 Å². The van der Waals surface area contributed by atoms with Gasteiger partial charge in [0.2, 0.25) is 0 Å². The number of nitrogens with zero attached hydrogens (tertiary/aromatic N) is 1. The molecule has 18 heavy (non-hydrogen) atoms. The smallest absolute Gasteiger partial charge is 0.0626 e. The van der Waals surface area contributed by atoms with Crippen molar-refractivity contribution in [1.29, 1.82) is 0 Å². The average molecular weight is 248 g/mol. The van der Waals surface area contributed by atoms with Crippen molar-refractivity contribution in [2.75, 3.05) is 33.3 Å². The Morgan fingerprint density at radius 1 is 1.28 bits per heavy atom. The standard InChI is InChI=1S/C15H24N2O/c1-17-9-7-13(8-10-17)11-16-15(12-18)14-5-3-2-4-6-14/h2-6,13,15-16,18H,7-12H2,1H3/t15-/m0/s1. The Kier molecular flexibility index (Phi) is 5.17. The number of rotatable bonds is 5. The van der Waals surface area contributed by atoms with E-state index in [1.807, 2.05) is 18.2 Å². The maximum Gasteiger partial charge on any atom is 0.0626 e. The number of likely N-dealkylation sites (tertiary alicyclic amines) is 1. The number of benzene rings is 1. The number of hydrogen-bond acceptors (Lipinski definition) is 3. The molecule has 0 saturated carbocycles. The monoisotopic (exact) mass is 248 g/mol. The molecule has 0 amide bonds. The van der Waals surface area contributed by atoms with E-state index in [-0.39, 0.29) is 12.6 Å². The minimum absolute atomic E-state index is 0.0749. The molecule has 0 aromatic heterocycles. The van der Waals surface area contributed by atoms with Crippen molar-refractivity contribution in [1.82, 2.24) is 10.2 Å².